The molecule has 3 rings (SSSR count). The maximum Gasteiger partial charge on any atom is 0.306 e. The van der Waals surface area contributed by atoms with Crippen LogP contribution in [0.4, 0.5) is 4.39 Å². The first-order valence-electron chi connectivity index (χ1n) is 9.16. The Labute approximate surface area is 153 Å². The molecule has 2 N–H and O–H groups in total. The molecule has 0 amide bonds. The molecule has 1 aliphatic heterocycles. The molecule has 2 aliphatic rings. The SMILES string of the molecule is O=C(O)C1CCC(NC2CCCN(Cc3ccc(F)cc3Cl)C2)CC1. The fraction of sp³-hybridized carbons (Fsp3) is 0.632. The lowest BCUT2D eigenvalue weighted by molar-refractivity contribution is -0.142. The minimum Gasteiger partial charge on any atom is -0.481 e. The zero-order valence-electron chi connectivity index (χ0n) is 14.4. The van der Waals surface area contributed by atoms with E-state index < -0.39 is 5.97 Å². The number of halogens is 2. The third kappa shape index (κ3) is 5.16. The van der Waals surface area contributed by atoms with E-state index in [2.05, 4.69) is 10.2 Å². The van der Waals surface area contributed by atoms with Crippen LogP contribution < -0.4 is 5.32 Å². The van der Waals surface area contributed by atoms with E-state index in [1.54, 1.807) is 6.07 Å². The van der Waals surface area contributed by atoms with Gasteiger partial charge in [0.15, 0.2) is 0 Å². The number of likely N-dealkylation sites (tertiary alicyclic amines) is 1. The largest absolute Gasteiger partial charge is 0.481 e. The first-order valence-corrected chi connectivity index (χ1v) is 9.54. The van der Waals surface area contributed by atoms with Gasteiger partial charge in [-0.25, -0.2) is 4.39 Å². The second-order valence-corrected chi connectivity index (χ2v) is 7.77. The molecule has 0 spiro atoms. The van der Waals surface area contributed by atoms with Crippen LogP contribution in [0.15, 0.2) is 18.2 Å². The van der Waals surface area contributed by atoms with E-state index in [0.29, 0.717) is 17.1 Å². The molecule has 1 aromatic carbocycles. The van der Waals surface area contributed by atoms with E-state index in [0.717, 1.165) is 63.7 Å². The van der Waals surface area contributed by atoms with E-state index >= 15 is 0 Å². The normalized spacial score (nSPS) is 28.0. The van der Waals surface area contributed by atoms with Crippen molar-refractivity contribution in [1.82, 2.24) is 10.2 Å². The molecule has 4 nitrogen and oxygen atoms in total. The van der Waals surface area contributed by atoms with Crippen molar-refractivity contribution in [1.29, 1.82) is 0 Å². The highest BCUT2D eigenvalue weighted by molar-refractivity contribution is 6.31. The molecular weight excluding hydrogens is 343 g/mol. The number of hydrogen-bond acceptors (Lipinski definition) is 3. The summed E-state index contributed by atoms with van der Waals surface area (Å²) in [4.78, 5) is 13.4. The van der Waals surface area contributed by atoms with Crippen LogP contribution in [0.25, 0.3) is 0 Å². The van der Waals surface area contributed by atoms with E-state index in [1.165, 1.54) is 12.1 Å². The van der Waals surface area contributed by atoms with Crippen LogP contribution in [-0.4, -0.2) is 41.1 Å². The molecule has 6 heteroatoms. The van der Waals surface area contributed by atoms with E-state index in [4.69, 9.17) is 16.7 Å². The van der Waals surface area contributed by atoms with Crippen LogP contribution in [-0.2, 0) is 11.3 Å². The minimum absolute atomic E-state index is 0.165. The van der Waals surface area contributed by atoms with Gasteiger partial charge in [0.1, 0.15) is 5.82 Å². The summed E-state index contributed by atoms with van der Waals surface area (Å²) in [5.41, 5.74) is 0.964. The van der Waals surface area contributed by atoms with Crippen molar-refractivity contribution in [3.63, 3.8) is 0 Å². The number of nitrogens with one attached hydrogen (secondary N) is 1. The maximum absolute atomic E-state index is 13.2. The van der Waals surface area contributed by atoms with Crippen LogP contribution in [0.2, 0.25) is 5.02 Å². The van der Waals surface area contributed by atoms with Crippen molar-refractivity contribution in [3.05, 3.63) is 34.6 Å². The molecule has 1 saturated heterocycles. The molecule has 25 heavy (non-hydrogen) atoms. The van der Waals surface area contributed by atoms with E-state index in [9.17, 15) is 9.18 Å². The first kappa shape index (κ1) is 18.6. The number of benzene rings is 1. The third-order valence-corrected chi connectivity index (χ3v) is 5.81. The molecule has 1 unspecified atom stereocenters. The summed E-state index contributed by atoms with van der Waals surface area (Å²) in [6, 6.07) is 5.45. The zero-order chi connectivity index (χ0) is 17.8. The molecule has 1 atom stereocenters. The Bertz CT molecular complexity index is 605. The number of hydrogen-bond donors (Lipinski definition) is 2. The molecule has 138 valence electrons. The van der Waals surface area contributed by atoms with Crippen molar-refractivity contribution in [3.8, 4) is 0 Å². The van der Waals surface area contributed by atoms with Gasteiger partial charge in [-0.05, 0) is 62.8 Å². The Morgan fingerprint density at radius 2 is 2.00 bits per heavy atom. The van der Waals surface area contributed by atoms with Gasteiger partial charge >= 0.3 is 5.97 Å². The van der Waals surface area contributed by atoms with E-state index in [-0.39, 0.29) is 11.7 Å². The number of rotatable bonds is 5. The molecule has 1 aromatic rings. The van der Waals surface area contributed by atoms with Crippen molar-refractivity contribution < 1.29 is 14.3 Å². The summed E-state index contributed by atoms with van der Waals surface area (Å²) in [5.74, 6) is -1.12. The van der Waals surface area contributed by atoms with Gasteiger partial charge in [0.05, 0.1) is 5.92 Å². The lowest BCUT2D eigenvalue weighted by Gasteiger charge is -2.37. The van der Waals surface area contributed by atoms with Gasteiger partial charge < -0.3 is 10.4 Å². The van der Waals surface area contributed by atoms with Crippen LogP contribution in [0.5, 0.6) is 0 Å². The van der Waals surface area contributed by atoms with Crippen LogP contribution in [0.1, 0.15) is 44.1 Å². The Morgan fingerprint density at radius 1 is 1.24 bits per heavy atom. The molecule has 2 fully saturated rings. The van der Waals surface area contributed by atoms with Crippen molar-refractivity contribution in [2.24, 2.45) is 5.92 Å². The summed E-state index contributed by atoms with van der Waals surface area (Å²) >= 11 is 6.15. The monoisotopic (exact) mass is 368 g/mol. The Balaban J connectivity index is 1.49. The molecule has 0 aromatic heterocycles. The number of nitrogens with zero attached hydrogens (tertiary/aromatic N) is 1. The predicted octanol–water partition coefficient (Wildman–Crippen LogP) is 3.68. The van der Waals surface area contributed by atoms with Crippen molar-refractivity contribution in [2.45, 2.75) is 57.2 Å². The fourth-order valence-electron chi connectivity index (χ4n) is 4.07. The van der Waals surface area contributed by atoms with Crippen LogP contribution in [0, 0.1) is 11.7 Å². The molecule has 1 saturated carbocycles. The summed E-state index contributed by atoms with van der Waals surface area (Å²) in [6.45, 7) is 2.72. The van der Waals surface area contributed by atoms with Crippen molar-refractivity contribution in [2.75, 3.05) is 13.1 Å². The average molecular weight is 369 g/mol. The summed E-state index contributed by atoms with van der Waals surface area (Å²) < 4.78 is 13.2. The maximum atomic E-state index is 13.2. The van der Waals surface area contributed by atoms with Gasteiger partial charge in [0.2, 0.25) is 0 Å². The smallest absolute Gasteiger partial charge is 0.306 e. The second-order valence-electron chi connectivity index (χ2n) is 7.36. The fourth-order valence-corrected chi connectivity index (χ4v) is 4.29. The van der Waals surface area contributed by atoms with Crippen LogP contribution >= 0.6 is 11.6 Å². The third-order valence-electron chi connectivity index (χ3n) is 5.46. The Hall–Kier alpha value is -1.17. The molecule has 0 radical (unpaired) electrons. The molecule has 1 aliphatic carbocycles. The highest BCUT2D eigenvalue weighted by atomic mass is 35.5. The van der Waals surface area contributed by atoms with Gasteiger partial charge in [-0.2, -0.15) is 0 Å². The highest BCUT2D eigenvalue weighted by Gasteiger charge is 2.28. The van der Waals surface area contributed by atoms with Gasteiger partial charge in [0, 0.05) is 30.2 Å². The van der Waals surface area contributed by atoms with Gasteiger partial charge in [-0.3, -0.25) is 9.69 Å². The molecule has 1 heterocycles. The van der Waals surface area contributed by atoms with Gasteiger partial charge in [0.25, 0.3) is 0 Å². The topological polar surface area (TPSA) is 52.6 Å². The predicted molar refractivity (Wildman–Crippen MR) is 96.2 cm³/mol. The van der Waals surface area contributed by atoms with Gasteiger partial charge in [-0.1, -0.05) is 17.7 Å². The quantitative estimate of drug-likeness (QED) is 0.832. The minimum atomic E-state index is -0.654. The zero-order valence-corrected chi connectivity index (χ0v) is 15.1. The lowest BCUT2D eigenvalue weighted by Crippen LogP contribution is -2.49. The summed E-state index contributed by atoms with van der Waals surface area (Å²) in [7, 11) is 0. The van der Waals surface area contributed by atoms with Crippen LogP contribution in [0.3, 0.4) is 0 Å². The first-order chi connectivity index (χ1) is 12.0. The standard InChI is InChI=1S/C19H26ClFN2O2/c20-18-10-15(21)6-3-14(18)11-23-9-1-2-17(12-23)22-16-7-4-13(5-8-16)19(24)25/h3,6,10,13,16-17,22H,1-2,4-5,7-9,11-12H2,(H,24,25). The van der Waals surface area contributed by atoms with Gasteiger partial charge in [-0.15, -0.1) is 0 Å². The molecule has 0 bridgehead atoms. The Morgan fingerprint density at radius 3 is 2.68 bits per heavy atom. The van der Waals surface area contributed by atoms with E-state index in [1.807, 2.05) is 0 Å². The number of piperidine rings is 1. The summed E-state index contributed by atoms with van der Waals surface area (Å²) in [5, 5.41) is 13.3. The highest BCUT2D eigenvalue weighted by Crippen LogP contribution is 2.26. The van der Waals surface area contributed by atoms with Crippen molar-refractivity contribution >= 4 is 17.6 Å². The number of carboxylic acid groups (broad SMARTS) is 1. The average Bonchev–Trinajstić information content (AvgIpc) is 2.58. The molecular formula is C19H26ClFN2O2. The Kier molecular flexibility index (Phi) is 6.31. The second kappa shape index (κ2) is 8.47. The number of aliphatic carboxylic acids is 1. The lowest BCUT2D eigenvalue weighted by atomic mass is 9.85. The number of carbonyl (C=O) groups is 1. The number of carboxylic acids is 1. The summed E-state index contributed by atoms with van der Waals surface area (Å²) in [6.07, 6.45) is 5.70.